The second kappa shape index (κ2) is 7.49. The lowest BCUT2D eigenvalue weighted by atomic mass is 10.0. The van der Waals surface area contributed by atoms with E-state index in [0.29, 0.717) is 28.1 Å². The predicted molar refractivity (Wildman–Crippen MR) is 74.9 cm³/mol. The zero-order valence-corrected chi connectivity index (χ0v) is 12.0. The van der Waals surface area contributed by atoms with Crippen molar-refractivity contribution in [2.75, 3.05) is 5.48 Å². The van der Waals surface area contributed by atoms with Crippen molar-refractivity contribution < 1.29 is 9.63 Å². The van der Waals surface area contributed by atoms with Gasteiger partial charge in [-0.15, -0.1) is 0 Å². The maximum atomic E-state index is 11.5. The highest BCUT2D eigenvalue weighted by molar-refractivity contribution is 6.42. The largest absolute Gasteiger partial charge is 0.343 e. The van der Waals surface area contributed by atoms with E-state index in [4.69, 9.17) is 28.0 Å². The molecule has 0 heterocycles. The summed E-state index contributed by atoms with van der Waals surface area (Å²) in [7, 11) is 0. The van der Waals surface area contributed by atoms with Crippen molar-refractivity contribution in [1.82, 2.24) is 0 Å². The number of hydrogen-bond acceptors (Lipinski definition) is 3. The van der Waals surface area contributed by atoms with Crippen molar-refractivity contribution in [2.24, 2.45) is 5.92 Å². The van der Waals surface area contributed by atoms with Gasteiger partial charge in [-0.05, 0) is 24.1 Å². The van der Waals surface area contributed by atoms with Crippen LogP contribution in [-0.2, 0) is 9.63 Å². The second-order valence-corrected chi connectivity index (χ2v) is 5.12. The Bertz CT molecular complexity index is 410. The number of rotatable bonds is 6. The molecule has 1 rings (SSSR count). The summed E-state index contributed by atoms with van der Waals surface area (Å²) in [6.45, 7) is 4.12. The van der Waals surface area contributed by atoms with Crippen molar-refractivity contribution in [2.45, 2.75) is 33.1 Å². The Hall–Kier alpha value is -0.930. The van der Waals surface area contributed by atoms with Crippen LogP contribution in [0.5, 0.6) is 0 Å². The molecule has 1 aromatic rings. The van der Waals surface area contributed by atoms with E-state index < -0.39 is 0 Å². The molecule has 0 saturated carbocycles. The lowest BCUT2D eigenvalue weighted by Gasteiger charge is -2.10. The summed E-state index contributed by atoms with van der Waals surface area (Å²) in [6, 6.07) is 4.93. The van der Waals surface area contributed by atoms with E-state index in [1.54, 1.807) is 18.2 Å². The third-order valence-electron chi connectivity index (χ3n) is 2.50. The molecule has 0 aliphatic rings. The third-order valence-corrected chi connectivity index (χ3v) is 3.24. The Morgan fingerprint density at radius 2 is 2.11 bits per heavy atom. The van der Waals surface area contributed by atoms with Crippen LogP contribution in [0.2, 0.25) is 10.0 Å². The third kappa shape index (κ3) is 5.15. The normalized spacial score (nSPS) is 12.0. The van der Waals surface area contributed by atoms with Crippen molar-refractivity contribution in [3.63, 3.8) is 0 Å². The quantitative estimate of drug-likeness (QED) is 0.772. The summed E-state index contributed by atoms with van der Waals surface area (Å²) in [6.07, 6.45) is 2.48. The van der Waals surface area contributed by atoms with Gasteiger partial charge in [0.2, 0.25) is 0 Å². The summed E-state index contributed by atoms with van der Waals surface area (Å²) < 4.78 is 0. The first-order valence-corrected chi connectivity index (χ1v) is 6.69. The average molecular weight is 290 g/mol. The van der Waals surface area contributed by atoms with Crippen LogP contribution in [0.4, 0.5) is 5.69 Å². The molecule has 5 heteroatoms. The van der Waals surface area contributed by atoms with E-state index >= 15 is 0 Å². The predicted octanol–water partition coefficient (Wildman–Crippen LogP) is 4.69. The van der Waals surface area contributed by atoms with Crippen LogP contribution in [0.15, 0.2) is 18.2 Å². The monoisotopic (exact) mass is 289 g/mol. The highest BCUT2D eigenvalue weighted by Gasteiger charge is 2.10. The van der Waals surface area contributed by atoms with E-state index in [2.05, 4.69) is 12.4 Å². The molecule has 0 aliphatic carbocycles. The van der Waals surface area contributed by atoms with Gasteiger partial charge in [-0.25, -0.2) is 10.3 Å². The molecule has 0 fully saturated rings. The fraction of sp³-hybridized carbons (Fsp3) is 0.462. The smallest absolute Gasteiger partial charge is 0.332 e. The van der Waals surface area contributed by atoms with E-state index in [1.165, 1.54) is 0 Å². The van der Waals surface area contributed by atoms with Crippen LogP contribution in [-0.4, -0.2) is 5.97 Å². The summed E-state index contributed by atoms with van der Waals surface area (Å²) in [5, 5.41) is 0.877. The topological polar surface area (TPSA) is 38.3 Å². The Balaban J connectivity index is 2.40. The number of hydrogen-bond donors (Lipinski definition) is 1. The van der Waals surface area contributed by atoms with Gasteiger partial charge < -0.3 is 4.84 Å². The molecular weight excluding hydrogens is 273 g/mol. The molecule has 0 radical (unpaired) electrons. The van der Waals surface area contributed by atoms with E-state index in [9.17, 15) is 4.79 Å². The minimum atomic E-state index is -0.276. The van der Waals surface area contributed by atoms with Gasteiger partial charge in [-0.2, -0.15) is 0 Å². The molecule has 3 nitrogen and oxygen atoms in total. The summed E-state index contributed by atoms with van der Waals surface area (Å²) in [4.78, 5) is 16.5. The molecule has 1 N–H and O–H groups in total. The fourth-order valence-corrected chi connectivity index (χ4v) is 1.89. The van der Waals surface area contributed by atoms with Crippen LogP contribution in [0.1, 0.15) is 33.1 Å². The van der Waals surface area contributed by atoms with Crippen LogP contribution in [0.25, 0.3) is 0 Å². The number of carbonyl (C=O) groups is 1. The molecule has 0 aliphatic heterocycles. The van der Waals surface area contributed by atoms with Crippen molar-refractivity contribution in [3.8, 4) is 0 Å². The van der Waals surface area contributed by atoms with Crippen LogP contribution >= 0.6 is 23.2 Å². The zero-order valence-electron chi connectivity index (χ0n) is 10.5. The number of carbonyl (C=O) groups excluding carboxylic acids is 1. The number of anilines is 1. The Morgan fingerprint density at radius 1 is 1.39 bits per heavy atom. The second-order valence-electron chi connectivity index (χ2n) is 4.30. The molecule has 100 valence electrons. The van der Waals surface area contributed by atoms with Gasteiger partial charge >= 0.3 is 5.97 Å². The molecule has 0 aromatic heterocycles. The number of halogens is 2. The van der Waals surface area contributed by atoms with Gasteiger partial charge in [0.25, 0.3) is 0 Å². The van der Waals surface area contributed by atoms with Crippen molar-refractivity contribution in [3.05, 3.63) is 28.2 Å². The van der Waals surface area contributed by atoms with Gasteiger partial charge in [0, 0.05) is 0 Å². The van der Waals surface area contributed by atoms with Gasteiger partial charge in [0.15, 0.2) is 0 Å². The maximum absolute atomic E-state index is 11.5. The van der Waals surface area contributed by atoms with Crippen LogP contribution in [0, 0.1) is 5.92 Å². The SMILES string of the molecule is CCCC(C)CC(=O)ONc1ccc(Cl)c(Cl)c1. The number of nitrogens with one attached hydrogen (secondary N) is 1. The molecule has 1 atom stereocenters. The number of benzene rings is 1. The van der Waals surface area contributed by atoms with E-state index in [1.807, 2.05) is 6.92 Å². The van der Waals surface area contributed by atoms with E-state index in [0.717, 1.165) is 12.8 Å². The van der Waals surface area contributed by atoms with Crippen LogP contribution < -0.4 is 5.48 Å². The molecule has 0 saturated heterocycles. The summed E-state index contributed by atoms with van der Waals surface area (Å²) in [5.41, 5.74) is 3.17. The minimum absolute atomic E-state index is 0.276. The first-order chi connectivity index (χ1) is 8.52. The highest BCUT2D eigenvalue weighted by atomic mass is 35.5. The molecule has 1 unspecified atom stereocenters. The molecule has 1 aromatic carbocycles. The summed E-state index contributed by atoms with van der Waals surface area (Å²) >= 11 is 11.6. The molecule has 0 amide bonds. The van der Waals surface area contributed by atoms with Crippen molar-refractivity contribution >= 4 is 34.9 Å². The summed E-state index contributed by atoms with van der Waals surface area (Å²) in [5.74, 6) is 0.0557. The Labute approximate surface area is 117 Å². The molecule has 0 bridgehead atoms. The molecule has 0 spiro atoms. The Morgan fingerprint density at radius 3 is 2.72 bits per heavy atom. The van der Waals surface area contributed by atoms with Crippen LogP contribution in [0.3, 0.4) is 0 Å². The standard InChI is InChI=1S/C13H17Cl2NO2/c1-3-4-9(2)7-13(17)18-16-10-5-6-11(14)12(15)8-10/h5-6,8-9,16H,3-4,7H2,1-2H3. The van der Waals surface area contributed by atoms with Crippen molar-refractivity contribution in [1.29, 1.82) is 0 Å². The average Bonchev–Trinajstić information content (AvgIpc) is 2.31. The molecular formula is C13H17Cl2NO2. The first kappa shape index (κ1) is 15.1. The maximum Gasteiger partial charge on any atom is 0.332 e. The fourth-order valence-electron chi connectivity index (χ4n) is 1.60. The van der Waals surface area contributed by atoms with Gasteiger partial charge in [0.05, 0.1) is 22.2 Å². The molecule has 18 heavy (non-hydrogen) atoms. The lowest BCUT2D eigenvalue weighted by Crippen LogP contribution is -2.13. The first-order valence-electron chi connectivity index (χ1n) is 5.93. The van der Waals surface area contributed by atoms with Gasteiger partial charge in [-0.1, -0.05) is 49.9 Å². The van der Waals surface area contributed by atoms with Gasteiger partial charge in [0.1, 0.15) is 0 Å². The highest BCUT2D eigenvalue weighted by Crippen LogP contribution is 2.25. The zero-order chi connectivity index (χ0) is 13.5. The Kier molecular flexibility index (Phi) is 6.30. The van der Waals surface area contributed by atoms with E-state index in [-0.39, 0.29) is 5.97 Å². The minimum Gasteiger partial charge on any atom is -0.343 e. The lowest BCUT2D eigenvalue weighted by molar-refractivity contribution is -0.141. The van der Waals surface area contributed by atoms with Gasteiger partial charge in [-0.3, -0.25) is 0 Å².